The predicted octanol–water partition coefficient (Wildman–Crippen LogP) is 4.88. The summed E-state index contributed by atoms with van der Waals surface area (Å²) >= 11 is 9.30. The summed E-state index contributed by atoms with van der Waals surface area (Å²) in [5.74, 6) is 2.65. The van der Waals surface area contributed by atoms with Gasteiger partial charge in [-0.25, -0.2) is 0 Å². The fourth-order valence-corrected chi connectivity index (χ4v) is 4.03. The van der Waals surface area contributed by atoms with Gasteiger partial charge in [0.25, 0.3) is 0 Å². The monoisotopic (exact) mass is 395 g/mol. The lowest BCUT2D eigenvalue weighted by molar-refractivity contribution is -0.120. The number of carbonyl (C=O) groups excluding carboxylic acids is 1. The third kappa shape index (κ3) is 7.22. The molecule has 0 saturated heterocycles. The van der Waals surface area contributed by atoms with Gasteiger partial charge in [0.05, 0.1) is 12.4 Å². The van der Waals surface area contributed by atoms with E-state index in [4.69, 9.17) is 16.3 Å². The molecule has 0 aromatic heterocycles. The summed E-state index contributed by atoms with van der Waals surface area (Å²) in [6, 6.07) is 15.6. The fourth-order valence-electron chi connectivity index (χ4n) is 2.12. The van der Waals surface area contributed by atoms with Crippen LogP contribution in [0.2, 0.25) is 5.02 Å². The first-order valence-electron chi connectivity index (χ1n) is 7.99. The Hall–Kier alpha value is -1.30. The van der Waals surface area contributed by atoms with Gasteiger partial charge in [0.15, 0.2) is 0 Å². The van der Waals surface area contributed by atoms with Crippen LogP contribution in [0.3, 0.4) is 0 Å². The lowest BCUT2D eigenvalue weighted by Crippen LogP contribution is -2.32. The van der Waals surface area contributed by atoms with Gasteiger partial charge < -0.3 is 10.1 Å². The molecule has 0 radical (unpaired) electrons. The first-order chi connectivity index (χ1) is 12.1. The number of thioether (sulfide) groups is 2. The van der Waals surface area contributed by atoms with Gasteiger partial charge in [0, 0.05) is 28.0 Å². The largest absolute Gasteiger partial charge is 0.497 e. The molecule has 134 valence electrons. The average Bonchev–Trinajstić information content (AvgIpc) is 2.62. The summed E-state index contributed by atoms with van der Waals surface area (Å²) in [5, 5.41) is 3.62. The van der Waals surface area contributed by atoms with E-state index in [1.807, 2.05) is 49.4 Å². The van der Waals surface area contributed by atoms with E-state index in [0.29, 0.717) is 6.54 Å². The second-order valence-corrected chi connectivity index (χ2v) is 8.36. The van der Waals surface area contributed by atoms with Crippen molar-refractivity contribution in [3.63, 3.8) is 0 Å². The van der Waals surface area contributed by atoms with Gasteiger partial charge in [0.1, 0.15) is 5.75 Å². The smallest absolute Gasteiger partial charge is 0.233 e. The van der Waals surface area contributed by atoms with Gasteiger partial charge >= 0.3 is 0 Å². The summed E-state index contributed by atoms with van der Waals surface area (Å²) in [6.45, 7) is 2.58. The lowest BCUT2D eigenvalue weighted by Gasteiger charge is -2.12. The van der Waals surface area contributed by atoms with E-state index in [1.54, 1.807) is 30.6 Å². The number of amides is 1. The molecular weight excluding hydrogens is 374 g/mol. The van der Waals surface area contributed by atoms with Crippen molar-refractivity contribution in [2.75, 3.05) is 19.4 Å². The second kappa shape index (κ2) is 10.6. The van der Waals surface area contributed by atoms with Crippen LogP contribution in [-0.4, -0.2) is 30.6 Å². The Balaban J connectivity index is 1.65. The van der Waals surface area contributed by atoms with Gasteiger partial charge in [-0.1, -0.05) is 23.7 Å². The maximum atomic E-state index is 12.2. The van der Waals surface area contributed by atoms with Crippen LogP contribution in [0, 0.1) is 0 Å². The van der Waals surface area contributed by atoms with E-state index in [1.165, 1.54) is 5.56 Å². The standard InChI is InChI=1S/C19H22ClNO2S2/c1-14(25-18-8-6-17(23-2)7-9-18)19(22)21-10-11-24-13-15-4-3-5-16(20)12-15/h3-9,12,14H,10-11,13H2,1-2H3,(H,21,22)/t14-/m1/s1. The van der Waals surface area contributed by atoms with Crippen molar-refractivity contribution >= 4 is 41.0 Å². The molecule has 0 saturated carbocycles. The molecule has 3 nitrogen and oxygen atoms in total. The number of nitrogens with one attached hydrogen (secondary N) is 1. The molecule has 2 aromatic rings. The molecule has 0 spiro atoms. The number of methoxy groups -OCH3 is 1. The van der Waals surface area contributed by atoms with E-state index in [0.717, 1.165) is 27.2 Å². The van der Waals surface area contributed by atoms with Gasteiger partial charge in [-0.3, -0.25) is 4.79 Å². The summed E-state index contributed by atoms with van der Waals surface area (Å²) in [6.07, 6.45) is 0. The van der Waals surface area contributed by atoms with E-state index in [-0.39, 0.29) is 11.2 Å². The third-order valence-corrected chi connectivity index (χ3v) is 5.82. The highest BCUT2D eigenvalue weighted by molar-refractivity contribution is 8.00. The molecule has 0 bridgehead atoms. The van der Waals surface area contributed by atoms with E-state index >= 15 is 0 Å². The number of benzene rings is 2. The molecule has 1 atom stereocenters. The van der Waals surface area contributed by atoms with Crippen molar-refractivity contribution in [1.82, 2.24) is 5.32 Å². The summed E-state index contributed by atoms with van der Waals surface area (Å²) < 4.78 is 5.14. The van der Waals surface area contributed by atoms with Crippen LogP contribution in [0.4, 0.5) is 0 Å². The van der Waals surface area contributed by atoms with Gasteiger partial charge in [0.2, 0.25) is 5.91 Å². The van der Waals surface area contributed by atoms with Crippen LogP contribution in [-0.2, 0) is 10.5 Å². The topological polar surface area (TPSA) is 38.3 Å². The number of halogens is 1. The lowest BCUT2D eigenvalue weighted by atomic mass is 10.2. The Bertz CT molecular complexity index is 679. The van der Waals surface area contributed by atoms with E-state index in [2.05, 4.69) is 11.4 Å². The van der Waals surface area contributed by atoms with Crippen LogP contribution in [0.25, 0.3) is 0 Å². The maximum absolute atomic E-state index is 12.2. The Kier molecular flexibility index (Phi) is 8.52. The van der Waals surface area contributed by atoms with Gasteiger partial charge in [-0.05, 0) is 48.9 Å². The molecule has 0 fully saturated rings. The number of hydrogen-bond donors (Lipinski definition) is 1. The van der Waals surface area contributed by atoms with Crippen molar-refractivity contribution in [3.05, 3.63) is 59.1 Å². The number of rotatable bonds is 9. The highest BCUT2D eigenvalue weighted by Gasteiger charge is 2.13. The molecule has 0 aliphatic heterocycles. The van der Waals surface area contributed by atoms with Crippen molar-refractivity contribution in [2.24, 2.45) is 0 Å². The fraction of sp³-hybridized carbons (Fsp3) is 0.316. The first kappa shape index (κ1) is 20.0. The van der Waals surface area contributed by atoms with E-state index < -0.39 is 0 Å². The van der Waals surface area contributed by atoms with Crippen molar-refractivity contribution < 1.29 is 9.53 Å². The molecule has 0 unspecified atom stereocenters. The van der Waals surface area contributed by atoms with Crippen molar-refractivity contribution in [1.29, 1.82) is 0 Å². The number of hydrogen-bond acceptors (Lipinski definition) is 4. The minimum Gasteiger partial charge on any atom is -0.497 e. The molecule has 6 heteroatoms. The highest BCUT2D eigenvalue weighted by Crippen LogP contribution is 2.25. The SMILES string of the molecule is COc1ccc(S[C@H](C)C(=O)NCCSCc2cccc(Cl)c2)cc1. The summed E-state index contributed by atoms with van der Waals surface area (Å²) in [4.78, 5) is 13.2. The normalized spacial score (nSPS) is 11.8. The Morgan fingerprint density at radius 1 is 1.24 bits per heavy atom. The molecule has 2 rings (SSSR count). The zero-order chi connectivity index (χ0) is 18.1. The minimum atomic E-state index is -0.133. The second-order valence-electron chi connectivity index (χ2n) is 5.41. The molecule has 2 aromatic carbocycles. The van der Waals surface area contributed by atoms with Crippen molar-refractivity contribution in [2.45, 2.75) is 22.8 Å². The summed E-state index contributed by atoms with van der Waals surface area (Å²) in [7, 11) is 1.64. The number of ether oxygens (including phenoxy) is 1. The molecule has 1 amide bonds. The van der Waals surface area contributed by atoms with Crippen LogP contribution >= 0.6 is 35.1 Å². The average molecular weight is 396 g/mol. The molecular formula is C19H22ClNO2S2. The third-order valence-electron chi connectivity index (χ3n) is 3.44. The zero-order valence-electron chi connectivity index (χ0n) is 14.3. The van der Waals surface area contributed by atoms with Gasteiger partial charge in [-0.2, -0.15) is 11.8 Å². The molecule has 0 aliphatic carbocycles. The minimum absolute atomic E-state index is 0.0594. The highest BCUT2D eigenvalue weighted by atomic mass is 35.5. The number of carbonyl (C=O) groups is 1. The zero-order valence-corrected chi connectivity index (χ0v) is 16.7. The Morgan fingerprint density at radius 3 is 2.68 bits per heavy atom. The quantitative estimate of drug-likeness (QED) is 0.485. The van der Waals surface area contributed by atoms with E-state index in [9.17, 15) is 4.79 Å². The molecule has 25 heavy (non-hydrogen) atoms. The maximum Gasteiger partial charge on any atom is 0.233 e. The van der Waals surface area contributed by atoms with Crippen molar-refractivity contribution in [3.8, 4) is 5.75 Å². The molecule has 0 aliphatic rings. The van der Waals surface area contributed by atoms with Crippen LogP contribution in [0.5, 0.6) is 5.75 Å². The Morgan fingerprint density at radius 2 is 2.00 bits per heavy atom. The van der Waals surface area contributed by atoms with Crippen LogP contribution in [0.15, 0.2) is 53.4 Å². The Labute approximate surface area is 162 Å². The molecule has 0 heterocycles. The molecule has 1 N–H and O–H groups in total. The van der Waals surface area contributed by atoms with Gasteiger partial charge in [-0.15, -0.1) is 11.8 Å². The van der Waals surface area contributed by atoms with Crippen LogP contribution in [0.1, 0.15) is 12.5 Å². The van der Waals surface area contributed by atoms with Crippen LogP contribution < -0.4 is 10.1 Å². The predicted molar refractivity (Wildman–Crippen MR) is 109 cm³/mol. The first-order valence-corrected chi connectivity index (χ1v) is 10.4. The summed E-state index contributed by atoms with van der Waals surface area (Å²) in [5.41, 5.74) is 1.20.